The van der Waals surface area contributed by atoms with E-state index in [0.717, 1.165) is 18.4 Å². The molecule has 2 saturated heterocycles. The van der Waals surface area contributed by atoms with Gasteiger partial charge in [0.05, 0.1) is 19.3 Å². The van der Waals surface area contributed by atoms with Crippen LogP contribution in [0.2, 0.25) is 0 Å². The second-order valence-corrected chi connectivity index (χ2v) is 10.3. The first kappa shape index (κ1) is 29.0. The molecule has 0 radical (unpaired) electrons. The van der Waals surface area contributed by atoms with Crippen LogP contribution in [-0.4, -0.2) is 74.6 Å². The first-order valence-electron chi connectivity index (χ1n) is 13.9. The Bertz CT molecular complexity index is 1140. The number of nitrogens with zero attached hydrogens (tertiary/aromatic N) is 1. The predicted molar refractivity (Wildman–Crippen MR) is 147 cm³/mol. The third-order valence-electron chi connectivity index (χ3n) is 7.90. The van der Waals surface area contributed by atoms with Crippen LogP contribution in [0.5, 0.6) is 0 Å². The van der Waals surface area contributed by atoms with Gasteiger partial charge in [-0.2, -0.15) is 0 Å². The van der Waals surface area contributed by atoms with Crippen molar-refractivity contribution in [3.05, 3.63) is 59.4 Å². The van der Waals surface area contributed by atoms with Crippen molar-refractivity contribution in [3.8, 4) is 11.1 Å². The highest BCUT2D eigenvalue weighted by Gasteiger charge is 2.44. The van der Waals surface area contributed by atoms with Crippen molar-refractivity contribution in [2.45, 2.75) is 50.7 Å². The molecule has 39 heavy (non-hydrogen) atoms. The molecule has 0 aliphatic carbocycles. The molecule has 8 nitrogen and oxygen atoms in total. The summed E-state index contributed by atoms with van der Waals surface area (Å²) in [6.45, 7) is 4.92. The number of halogens is 1. The van der Waals surface area contributed by atoms with E-state index in [4.69, 9.17) is 4.74 Å². The van der Waals surface area contributed by atoms with Gasteiger partial charge in [0.15, 0.2) is 0 Å². The van der Waals surface area contributed by atoms with Gasteiger partial charge in [-0.1, -0.05) is 43.3 Å². The molecule has 0 aromatic heterocycles. The summed E-state index contributed by atoms with van der Waals surface area (Å²) in [6.07, 6.45) is 1.83. The topological polar surface area (TPSA) is 100 Å². The minimum absolute atomic E-state index is 0.0864. The summed E-state index contributed by atoms with van der Waals surface area (Å²) in [5, 5.41) is 18.4. The van der Waals surface area contributed by atoms with E-state index in [-0.39, 0.29) is 18.2 Å². The third-order valence-corrected chi connectivity index (χ3v) is 7.90. The molecule has 212 valence electrons. The van der Waals surface area contributed by atoms with Crippen LogP contribution in [0, 0.1) is 11.7 Å². The molecule has 2 aliphatic rings. The molecule has 4 rings (SSSR count). The second-order valence-electron chi connectivity index (χ2n) is 10.3. The van der Waals surface area contributed by atoms with E-state index in [9.17, 15) is 14.7 Å². The van der Waals surface area contributed by atoms with Crippen molar-refractivity contribution in [2.24, 2.45) is 5.92 Å². The van der Waals surface area contributed by atoms with Gasteiger partial charge in [-0.3, -0.25) is 4.79 Å². The second kappa shape index (κ2) is 13.4. The molecule has 0 spiro atoms. The number of benzene rings is 2. The number of aliphatic hydroxyl groups is 1. The van der Waals surface area contributed by atoms with Crippen molar-refractivity contribution in [1.82, 2.24) is 15.5 Å². The van der Waals surface area contributed by atoms with Gasteiger partial charge in [0.25, 0.3) is 5.91 Å². The lowest BCUT2D eigenvalue weighted by Gasteiger charge is -2.44. The number of morpholine rings is 1. The third kappa shape index (κ3) is 6.77. The number of piperidine rings is 1. The van der Waals surface area contributed by atoms with Crippen LogP contribution >= 0.6 is 0 Å². The molecule has 1 unspecified atom stereocenters. The van der Waals surface area contributed by atoms with Gasteiger partial charge in [-0.15, -0.1) is 0 Å². The number of amides is 2. The standard InChI is InChI=1S/C30H40FN3O5/c1-3-21-8-4-9-22(18-21)27-24(11-5-12-25(27)31)30(37,13-7-14-33-29(36)38-2)23-10-6-16-34(20-23)28(35)26-19-32-15-17-39-26/h4-5,8-9,11-12,18,23,26,32,37H,3,6-7,10,13-17,19-20H2,1-2H3,(H,33,36)/t23-,26?,30+/m1/s1. The van der Waals surface area contributed by atoms with Crippen LogP contribution in [0.3, 0.4) is 0 Å². The van der Waals surface area contributed by atoms with E-state index >= 15 is 4.39 Å². The minimum Gasteiger partial charge on any atom is -0.453 e. The van der Waals surface area contributed by atoms with Crippen LogP contribution < -0.4 is 10.6 Å². The average Bonchev–Trinajstić information content (AvgIpc) is 2.99. The average molecular weight is 542 g/mol. The summed E-state index contributed by atoms with van der Waals surface area (Å²) in [4.78, 5) is 26.7. The summed E-state index contributed by atoms with van der Waals surface area (Å²) in [7, 11) is 1.30. The van der Waals surface area contributed by atoms with Gasteiger partial charge in [0, 0.05) is 44.2 Å². The van der Waals surface area contributed by atoms with Crippen molar-refractivity contribution >= 4 is 12.0 Å². The largest absolute Gasteiger partial charge is 0.453 e. The smallest absolute Gasteiger partial charge is 0.406 e. The fraction of sp³-hybridized carbons (Fsp3) is 0.533. The van der Waals surface area contributed by atoms with E-state index in [0.29, 0.717) is 68.9 Å². The van der Waals surface area contributed by atoms with Crippen LogP contribution in [0.25, 0.3) is 11.1 Å². The lowest BCUT2D eigenvalue weighted by molar-refractivity contribution is -0.150. The van der Waals surface area contributed by atoms with Crippen molar-refractivity contribution < 1.29 is 28.6 Å². The molecule has 3 atom stereocenters. The Hall–Kier alpha value is -3.01. The van der Waals surface area contributed by atoms with Crippen LogP contribution in [0.15, 0.2) is 42.5 Å². The zero-order chi connectivity index (χ0) is 27.8. The number of hydrogen-bond donors (Lipinski definition) is 3. The normalized spacial score (nSPS) is 21.2. The Kier molecular flexibility index (Phi) is 9.94. The number of rotatable bonds is 9. The Morgan fingerprint density at radius 3 is 2.85 bits per heavy atom. The van der Waals surface area contributed by atoms with Gasteiger partial charge in [-0.25, -0.2) is 9.18 Å². The van der Waals surface area contributed by atoms with Gasteiger partial charge in [0.2, 0.25) is 0 Å². The van der Waals surface area contributed by atoms with Crippen LogP contribution in [0.1, 0.15) is 43.7 Å². The Balaban J connectivity index is 1.68. The molecule has 2 amide bonds. The molecule has 0 bridgehead atoms. The monoisotopic (exact) mass is 541 g/mol. The lowest BCUT2D eigenvalue weighted by atomic mass is 9.72. The maximum Gasteiger partial charge on any atom is 0.406 e. The first-order chi connectivity index (χ1) is 18.9. The van der Waals surface area contributed by atoms with E-state index in [2.05, 4.69) is 15.4 Å². The number of carbonyl (C=O) groups excluding carboxylic acids is 2. The number of ether oxygens (including phenoxy) is 2. The highest BCUT2D eigenvalue weighted by Crippen LogP contribution is 2.44. The highest BCUT2D eigenvalue weighted by molar-refractivity contribution is 5.81. The van der Waals surface area contributed by atoms with Crippen molar-refractivity contribution in [1.29, 1.82) is 0 Å². The quantitative estimate of drug-likeness (QED) is 0.420. The van der Waals surface area contributed by atoms with E-state index in [1.165, 1.54) is 13.2 Å². The van der Waals surface area contributed by atoms with Crippen LogP contribution in [0.4, 0.5) is 9.18 Å². The van der Waals surface area contributed by atoms with Crippen molar-refractivity contribution in [3.63, 3.8) is 0 Å². The Morgan fingerprint density at radius 1 is 1.28 bits per heavy atom. The maximum atomic E-state index is 15.6. The molecule has 3 N–H and O–H groups in total. The number of nitrogens with one attached hydrogen (secondary N) is 2. The number of carbonyl (C=O) groups is 2. The molecule has 0 saturated carbocycles. The molecule has 2 aromatic carbocycles. The Morgan fingerprint density at radius 2 is 2.10 bits per heavy atom. The number of hydrogen-bond acceptors (Lipinski definition) is 6. The summed E-state index contributed by atoms with van der Waals surface area (Å²) in [5.41, 5.74) is 1.22. The summed E-state index contributed by atoms with van der Waals surface area (Å²) >= 11 is 0. The van der Waals surface area contributed by atoms with Gasteiger partial charge in [0.1, 0.15) is 11.9 Å². The SMILES string of the molecule is CCc1cccc(-c2c(F)cccc2[C@](O)(CCCNC(=O)OC)[C@@H]2CCCN(C(=O)C3CNCCO3)C2)c1. The van der Waals surface area contributed by atoms with Crippen LogP contribution in [-0.2, 0) is 26.3 Å². The maximum absolute atomic E-state index is 15.6. The van der Waals surface area contributed by atoms with Gasteiger partial charge >= 0.3 is 6.09 Å². The molecule has 2 fully saturated rings. The molecular weight excluding hydrogens is 501 g/mol. The number of likely N-dealkylation sites (tertiary alicyclic amines) is 1. The molecule has 9 heteroatoms. The van der Waals surface area contributed by atoms with E-state index in [1.807, 2.05) is 31.2 Å². The van der Waals surface area contributed by atoms with E-state index in [1.54, 1.807) is 17.0 Å². The summed E-state index contributed by atoms with van der Waals surface area (Å²) in [5.74, 6) is -0.825. The zero-order valence-corrected chi connectivity index (χ0v) is 22.9. The fourth-order valence-corrected chi connectivity index (χ4v) is 5.80. The minimum atomic E-state index is -1.44. The zero-order valence-electron chi connectivity index (χ0n) is 22.9. The van der Waals surface area contributed by atoms with Crippen molar-refractivity contribution in [2.75, 3.05) is 46.4 Å². The number of aryl methyl sites for hydroxylation is 1. The Labute approximate surface area is 229 Å². The summed E-state index contributed by atoms with van der Waals surface area (Å²) in [6, 6.07) is 12.6. The summed E-state index contributed by atoms with van der Waals surface area (Å²) < 4.78 is 26.0. The highest BCUT2D eigenvalue weighted by atomic mass is 19.1. The first-order valence-corrected chi connectivity index (χ1v) is 13.9. The molecule has 2 aliphatic heterocycles. The fourth-order valence-electron chi connectivity index (χ4n) is 5.80. The molecule has 2 heterocycles. The number of methoxy groups -OCH3 is 1. The molecular formula is C30H40FN3O5. The predicted octanol–water partition coefficient (Wildman–Crippen LogP) is 3.61. The van der Waals surface area contributed by atoms with Gasteiger partial charge < -0.3 is 30.1 Å². The van der Waals surface area contributed by atoms with Gasteiger partial charge in [-0.05, 0) is 54.9 Å². The molecule has 2 aromatic rings. The number of alkyl carbamates (subject to hydrolysis) is 1. The lowest BCUT2D eigenvalue weighted by Crippen LogP contribution is -2.54. The van der Waals surface area contributed by atoms with E-state index < -0.39 is 23.6 Å².